The Balaban J connectivity index is 1.20. The molecule has 0 amide bonds. The molecule has 2 aliphatic heterocycles. The van der Waals surface area contributed by atoms with Crippen molar-refractivity contribution in [1.82, 2.24) is 14.2 Å². The maximum atomic E-state index is 13.1. The molecule has 3 aromatic rings. The van der Waals surface area contributed by atoms with Crippen molar-refractivity contribution in [2.24, 2.45) is 0 Å². The average Bonchev–Trinajstić information content (AvgIpc) is 3.33. The van der Waals surface area contributed by atoms with Crippen molar-refractivity contribution in [2.75, 3.05) is 31.9 Å². The number of nitrogens with zero attached hydrogens (tertiary/aromatic N) is 2. The molecule has 0 aliphatic carbocycles. The van der Waals surface area contributed by atoms with Crippen LogP contribution in [0, 0.1) is 0 Å². The Morgan fingerprint density at radius 2 is 1.74 bits per heavy atom. The van der Waals surface area contributed by atoms with Crippen molar-refractivity contribution < 1.29 is 8.42 Å². The van der Waals surface area contributed by atoms with E-state index in [4.69, 9.17) is 0 Å². The van der Waals surface area contributed by atoms with Crippen molar-refractivity contribution >= 4 is 20.9 Å². The summed E-state index contributed by atoms with van der Waals surface area (Å²) in [5, 5.41) is 1.26. The molecule has 1 atom stereocenters. The molecule has 1 N–H and O–H groups in total. The minimum atomic E-state index is -3.19. The standard InChI is InChI=1S/C29H39N3O2S/c1-2-26-11-6-7-16-31(26)17-8-20-35(33,34)32-18-14-24(15-19-32)28-22-30-29-13-12-25(21-27(28)29)23-9-4-3-5-10-23/h3-5,9-10,12-13,21-22,24,26,30H,2,6-8,11,14-20H2,1H3. The van der Waals surface area contributed by atoms with E-state index in [9.17, 15) is 8.42 Å². The molecule has 1 aromatic heterocycles. The first kappa shape index (κ1) is 24.5. The summed E-state index contributed by atoms with van der Waals surface area (Å²) in [5.41, 5.74) is 4.92. The van der Waals surface area contributed by atoms with Gasteiger partial charge in [-0.3, -0.25) is 0 Å². The highest BCUT2D eigenvalue weighted by atomic mass is 32.2. The van der Waals surface area contributed by atoms with Crippen LogP contribution in [-0.2, 0) is 10.0 Å². The lowest BCUT2D eigenvalue weighted by atomic mass is 9.89. The summed E-state index contributed by atoms with van der Waals surface area (Å²) in [6, 6.07) is 17.7. The number of fused-ring (bicyclic) bond motifs is 1. The van der Waals surface area contributed by atoms with Crippen molar-refractivity contribution in [2.45, 2.75) is 63.8 Å². The third-order valence-corrected chi connectivity index (χ3v) is 10.1. The minimum Gasteiger partial charge on any atom is -0.361 e. The summed E-state index contributed by atoms with van der Waals surface area (Å²) in [5.74, 6) is 0.665. The van der Waals surface area contributed by atoms with Crippen LogP contribution >= 0.6 is 0 Å². The number of hydrogen-bond acceptors (Lipinski definition) is 3. The van der Waals surface area contributed by atoms with Crippen LogP contribution in [0.15, 0.2) is 54.7 Å². The molecule has 35 heavy (non-hydrogen) atoms. The lowest BCUT2D eigenvalue weighted by Gasteiger charge is -2.35. The molecule has 2 fully saturated rings. The van der Waals surface area contributed by atoms with Gasteiger partial charge in [-0.2, -0.15) is 0 Å². The second-order valence-corrected chi connectivity index (χ2v) is 12.4. The Bertz CT molecular complexity index is 1210. The highest BCUT2D eigenvalue weighted by Crippen LogP contribution is 2.35. The fourth-order valence-electron chi connectivity index (χ4n) is 6.13. The minimum absolute atomic E-state index is 0.276. The second kappa shape index (κ2) is 10.9. The van der Waals surface area contributed by atoms with Gasteiger partial charge < -0.3 is 9.88 Å². The number of aromatic amines is 1. The highest BCUT2D eigenvalue weighted by molar-refractivity contribution is 7.89. The van der Waals surface area contributed by atoms with Crippen LogP contribution in [0.1, 0.15) is 63.4 Å². The number of nitrogens with one attached hydrogen (secondary N) is 1. The van der Waals surface area contributed by atoms with Gasteiger partial charge in [0.25, 0.3) is 0 Å². The quantitative estimate of drug-likeness (QED) is 0.419. The summed E-state index contributed by atoms with van der Waals surface area (Å²) in [6.07, 6.45) is 9.63. The van der Waals surface area contributed by atoms with E-state index in [2.05, 4.69) is 65.5 Å². The SMILES string of the molecule is CCC1CCCCN1CCCS(=O)(=O)N1CCC(c2c[nH]c3ccc(-c4ccccc4)cc23)CC1. The zero-order chi connectivity index (χ0) is 24.3. The smallest absolute Gasteiger partial charge is 0.214 e. The predicted octanol–water partition coefficient (Wildman–Crippen LogP) is 6.00. The highest BCUT2D eigenvalue weighted by Gasteiger charge is 2.30. The van der Waals surface area contributed by atoms with Crippen molar-refractivity contribution in [3.8, 4) is 11.1 Å². The normalized spacial score (nSPS) is 21.0. The fourth-order valence-corrected chi connectivity index (χ4v) is 7.65. The van der Waals surface area contributed by atoms with Crippen molar-refractivity contribution in [3.63, 3.8) is 0 Å². The maximum absolute atomic E-state index is 13.1. The van der Waals surface area contributed by atoms with Gasteiger partial charge in [0, 0.05) is 36.2 Å². The molecular weight excluding hydrogens is 454 g/mol. The zero-order valence-corrected chi connectivity index (χ0v) is 21.8. The topological polar surface area (TPSA) is 56.4 Å². The van der Waals surface area contributed by atoms with Gasteiger partial charge in [0.05, 0.1) is 5.75 Å². The molecule has 0 spiro atoms. The van der Waals surface area contributed by atoms with Gasteiger partial charge in [-0.15, -0.1) is 0 Å². The Morgan fingerprint density at radius 1 is 0.943 bits per heavy atom. The second-order valence-electron chi connectivity index (χ2n) is 10.3. The van der Waals surface area contributed by atoms with E-state index in [1.807, 2.05) is 6.07 Å². The van der Waals surface area contributed by atoms with Crippen LogP contribution in [0.4, 0.5) is 0 Å². The van der Waals surface area contributed by atoms with E-state index >= 15 is 0 Å². The summed E-state index contributed by atoms with van der Waals surface area (Å²) in [7, 11) is -3.19. The third-order valence-electron chi connectivity index (χ3n) is 8.18. The Morgan fingerprint density at radius 3 is 2.51 bits per heavy atom. The summed E-state index contributed by atoms with van der Waals surface area (Å²) in [6.45, 7) is 5.53. The number of likely N-dealkylation sites (tertiary alicyclic amines) is 1. The van der Waals surface area contributed by atoms with E-state index in [-0.39, 0.29) is 5.75 Å². The molecule has 2 aromatic carbocycles. The van der Waals surface area contributed by atoms with E-state index < -0.39 is 10.0 Å². The molecule has 3 heterocycles. The number of H-pyrrole nitrogens is 1. The van der Waals surface area contributed by atoms with Crippen molar-refractivity contribution in [1.29, 1.82) is 0 Å². The number of benzene rings is 2. The predicted molar refractivity (Wildman–Crippen MR) is 145 cm³/mol. The molecule has 2 saturated heterocycles. The van der Waals surface area contributed by atoms with Gasteiger partial charge in [0.2, 0.25) is 10.0 Å². The first-order chi connectivity index (χ1) is 17.0. The summed E-state index contributed by atoms with van der Waals surface area (Å²) < 4.78 is 27.9. The molecule has 1 unspecified atom stereocenters. The van der Waals surface area contributed by atoms with E-state index in [0.29, 0.717) is 25.0 Å². The van der Waals surface area contributed by atoms with E-state index in [1.165, 1.54) is 47.8 Å². The van der Waals surface area contributed by atoms with Crippen LogP contribution in [0.5, 0.6) is 0 Å². The molecule has 0 radical (unpaired) electrons. The third kappa shape index (κ3) is 5.50. The molecule has 0 bridgehead atoms. The number of aromatic nitrogens is 1. The van der Waals surface area contributed by atoms with Gasteiger partial charge in [0.1, 0.15) is 0 Å². The zero-order valence-electron chi connectivity index (χ0n) is 21.0. The van der Waals surface area contributed by atoms with Gasteiger partial charge in [-0.25, -0.2) is 12.7 Å². The number of hydrogen-bond donors (Lipinski definition) is 1. The van der Waals surface area contributed by atoms with Crippen LogP contribution < -0.4 is 0 Å². The van der Waals surface area contributed by atoms with Crippen LogP contribution in [-0.4, -0.2) is 60.6 Å². The lowest BCUT2D eigenvalue weighted by molar-refractivity contribution is 0.144. The van der Waals surface area contributed by atoms with Crippen LogP contribution in [0.25, 0.3) is 22.0 Å². The monoisotopic (exact) mass is 493 g/mol. The molecule has 5 rings (SSSR count). The number of rotatable bonds is 8. The first-order valence-electron chi connectivity index (χ1n) is 13.4. The molecule has 5 nitrogen and oxygen atoms in total. The number of sulfonamides is 1. The fraction of sp³-hybridized carbons (Fsp3) is 0.517. The lowest BCUT2D eigenvalue weighted by Crippen LogP contribution is -2.42. The van der Waals surface area contributed by atoms with Crippen LogP contribution in [0.2, 0.25) is 0 Å². The summed E-state index contributed by atoms with van der Waals surface area (Å²) >= 11 is 0. The molecule has 6 heteroatoms. The summed E-state index contributed by atoms with van der Waals surface area (Å²) in [4.78, 5) is 5.96. The largest absolute Gasteiger partial charge is 0.361 e. The van der Waals surface area contributed by atoms with Gasteiger partial charge in [-0.05, 0) is 86.4 Å². The Kier molecular flexibility index (Phi) is 7.61. The maximum Gasteiger partial charge on any atom is 0.214 e. The Hall–Kier alpha value is -2.15. The van der Waals surface area contributed by atoms with Gasteiger partial charge in [0.15, 0.2) is 0 Å². The average molecular weight is 494 g/mol. The van der Waals surface area contributed by atoms with Gasteiger partial charge in [-0.1, -0.05) is 49.7 Å². The molecule has 188 valence electrons. The van der Waals surface area contributed by atoms with E-state index in [1.54, 1.807) is 4.31 Å². The number of piperidine rings is 2. The Labute approximate surface area is 210 Å². The van der Waals surface area contributed by atoms with Crippen LogP contribution in [0.3, 0.4) is 0 Å². The van der Waals surface area contributed by atoms with E-state index in [0.717, 1.165) is 37.9 Å². The van der Waals surface area contributed by atoms with Crippen molar-refractivity contribution in [3.05, 3.63) is 60.3 Å². The molecule has 0 saturated carbocycles. The first-order valence-corrected chi connectivity index (χ1v) is 15.0. The molecular formula is C29H39N3O2S. The molecule has 2 aliphatic rings. The van der Waals surface area contributed by atoms with Gasteiger partial charge >= 0.3 is 0 Å².